The second-order valence-electron chi connectivity index (χ2n) is 7.42. The number of aromatic nitrogens is 1. The van der Waals surface area contributed by atoms with Crippen LogP contribution < -0.4 is 4.90 Å². The summed E-state index contributed by atoms with van der Waals surface area (Å²) in [6, 6.07) is 9.97. The molecule has 1 aromatic heterocycles. The van der Waals surface area contributed by atoms with Crippen molar-refractivity contribution in [3.05, 3.63) is 58.8 Å². The maximum Gasteiger partial charge on any atom is 0.339 e. The van der Waals surface area contributed by atoms with E-state index in [0.717, 1.165) is 25.3 Å². The van der Waals surface area contributed by atoms with E-state index >= 15 is 0 Å². The van der Waals surface area contributed by atoms with Gasteiger partial charge in [0.25, 0.3) is 0 Å². The minimum Gasteiger partial charge on any atom is -0.462 e. The van der Waals surface area contributed by atoms with E-state index in [-0.39, 0.29) is 11.9 Å². The molecule has 1 amide bonds. The number of hydrogen-bond acceptors (Lipinski definition) is 5. The van der Waals surface area contributed by atoms with Crippen molar-refractivity contribution in [1.82, 2.24) is 9.88 Å². The number of carbonyl (C=O) groups excluding carboxylic acids is 2. The fourth-order valence-corrected chi connectivity index (χ4v) is 3.62. The number of rotatable bonds is 6. The summed E-state index contributed by atoms with van der Waals surface area (Å²) in [6.45, 7) is 9.16. The highest BCUT2D eigenvalue weighted by Gasteiger charge is 2.22. The molecule has 0 spiro atoms. The maximum atomic E-state index is 12.6. The quantitative estimate of drug-likeness (QED) is 0.703. The van der Waals surface area contributed by atoms with Crippen LogP contribution in [-0.4, -0.2) is 54.5 Å². The summed E-state index contributed by atoms with van der Waals surface area (Å²) in [5, 5.41) is 0. The highest BCUT2D eigenvalue weighted by Crippen LogP contribution is 2.17. The van der Waals surface area contributed by atoms with Gasteiger partial charge in [0.05, 0.1) is 12.2 Å². The third-order valence-corrected chi connectivity index (χ3v) is 5.32. The van der Waals surface area contributed by atoms with Gasteiger partial charge in [-0.1, -0.05) is 23.8 Å². The summed E-state index contributed by atoms with van der Waals surface area (Å²) in [4.78, 5) is 32.8. The molecule has 1 aliphatic heterocycles. The molecule has 2 aromatic rings. The van der Waals surface area contributed by atoms with Gasteiger partial charge >= 0.3 is 5.97 Å². The summed E-state index contributed by atoms with van der Waals surface area (Å²) in [5.41, 5.74) is 4.20. The number of pyridine rings is 1. The smallest absolute Gasteiger partial charge is 0.339 e. The molecular weight excluding hydrogens is 366 g/mol. The number of ether oxygens (including phenoxy) is 1. The number of esters is 1. The van der Waals surface area contributed by atoms with Crippen LogP contribution in [0.3, 0.4) is 0 Å². The second kappa shape index (κ2) is 9.54. The van der Waals surface area contributed by atoms with E-state index in [9.17, 15) is 9.59 Å². The average Bonchev–Trinajstić information content (AvgIpc) is 2.73. The van der Waals surface area contributed by atoms with Crippen LogP contribution >= 0.6 is 0 Å². The van der Waals surface area contributed by atoms with E-state index in [1.807, 2.05) is 11.0 Å². The fourth-order valence-electron chi connectivity index (χ4n) is 3.62. The number of amides is 1. The van der Waals surface area contributed by atoms with Crippen molar-refractivity contribution in [1.29, 1.82) is 0 Å². The first-order valence-corrected chi connectivity index (χ1v) is 10.2. The van der Waals surface area contributed by atoms with Crippen LogP contribution in [-0.2, 0) is 16.0 Å². The Kier molecular flexibility index (Phi) is 6.86. The van der Waals surface area contributed by atoms with Gasteiger partial charge in [-0.05, 0) is 50.5 Å². The van der Waals surface area contributed by atoms with E-state index < -0.39 is 0 Å². The molecule has 0 radical (unpaired) electrons. The third-order valence-electron chi connectivity index (χ3n) is 5.32. The van der Waals surface area contributed by atoms with Crippen molar-refractivity contribution in [2.75, 3.05) is 37.7 Å². The van der Waals surface area contributed by atoms with Crippen LogP contribution in [0.25, 0.3) is 0 Å². The van der Waals surface area contributed by atoms with E-state index in [0.29, 0.717) is 31.7 Å². The van der Waals surface area contributed by atoms with Crippen LogP contribution in [0, 0.1) is 13.8 Å². The maximum absolute atomic E-state index is 12.6. The zero-order valence-electron chi connectivity index (χ0n) is 17.5. The first-order chi connectivity index (χ1) is 14.0. The highest BCUT2D eigenvalue weighted by atomic mass is 16.5. The number of hydrogen-bond donors (Lipinski definition) is 0. The van der Waals surface area contributed by atoms with Gasteiger partial charge in [-0.15, -0.1) is 0 Å². The molecule has 154 valence electrons. The Labute approximate surface area is 172 Å². The summed E-state index contributed by atoms with van der Waals surface area (Å²) >= 11 is 0. The molecule has 6 nitrogen and oxygen atoms in total. The van der Waals surface area contributed by atoms with Gasteiger partial charge in [-0.2, -0.15) is 0 Å². The van der Waals surface area contributed by atoms with Gasteiger partial charge in [0, 0.05) is 38.8 Å². The Bertz CT molecular complexity index is 856. The molecule has 1 aromatic carbocycles. The monoisotopic (exact) mass is 395 g/mol. The van der Waals surface area contributed by atoms with Crippen LogP contribution in [0.1, 0.15) is 40.4 Å². The molecule has 1 aliphatic rings. The van der Waals surface area contributed by atoms with Crippen molar-refractivity contribution in [3.63, 3.8) is 0 Å². The van der Waals surface area contributed by atoms with E-state index in [1.165, 1.54) is 16.7 Å². The Morgan fingerprint density at radius 3 is 2.45 bits per heavy atom. The molecule has 3 rings (SSSR count). The summed E-state index contributed by atoms with van der Waals surface area (Å²) in [7, 11) is 0. The third kappa shape index (κ3) is 5.34. The zero-order valence-corrected chi connectivity index (χ0v) is 17.5. The molecule has 6 heteroatoms. The second-order valence-corrected chi connectivity index (χ2v) is 7.42. The van der Waals surface area contributed by atoms with Gasteiger partial charge in [-0.25, -0.2) is 9.78 Å². The molecule has 0 N–H and O–H groups in total. The largest absolute Gasteiger partial charge is 0.462 e. The number of aryl methyl sites for hydroxylation is 3. The Hall–Kier alpha value is -2.89. The molecular formula is C23H29N3O3. The number of benzene rings is 1. The van der Waals surface area contributed by atoms with E-state index in [1.54, 1.807) is 19.2 Å². The molecule has 0 atom stereocenters. The zero-order chi connectivity index (χ0) is 20.8. The first-order valence-electron chi connectivity index (χ1n) is 10.2. The van der Waals surface area contributed by atoms with Gasteiger partial charge in [0.2, 0.25) is 5.91 Å². The summed E-state index contributed by atoms with van der Waals surface area (Å²) in [6.07, 6.45) is 2.87. The number of piperazine rings is 1. The Morgan fingerprint density at radius 2 is 1.83 bits per heavy atom. The lowest BCUT2D eigenvalue weighted by atomic mass is 10.0. The van der Waals surface area contributed by atoms with Crippen molar-refractivity contribution >= 4 is 17.7 Å². The fraction of sp³-hybridized carbons (Fsp3) is 0.435. The topological polar surface area (TPSA) is 62.7 Å². The molecule has 0 saturated carbocycles. The molecule has 2 heterocycles. The van der Waals surface area contributed by atoms with Crippen LogP contribution in [0.5, 0.6) is 0 Å². The van der Waals surface area contributed by atoms with Crippen molar-refractivity contribution in [2.24, 2.45) is 0 Å². The highest BCUT2D eigenvalue weighted by molar-refractivity contribution is 5.89. The first kappa shape index (κ1) is 20.8. The Morgan fingerprint density at radius 1 is 1.07 bits per heavy atom. The predicted molar refractivity (Wildman–Crippen MR) is 113 cm³/mol. The van der Waals surface area contributed by atoms with Crippen LogP contribution in [0.15, 0.2) is 36.5 Å². The van der Waals surface area contributed by atoms with E-state index in [4.69, 9.17) is 4.74 Å². The lowest BCUT2D eigenvalue weighted by Crippen LogP contribution is -2.49. The molecule has 1 saturated heterocycles. The van der Waals surface area contributed by atoms with Gasteiger partial charge in [0.15, 0.2) is 0 Å². The SMILES string of the molecule is CCOC(=O)c1ccc(N2CCN(C(=O)CCc3ccc(C)cc3C)CC2)nc1. The minimum atomic E-state index is -0.356. The molecule has 0 bridgehead atoms. The van der Waals surface area contributed by atoms with Gasteiger partial charge in [-0.3, -0.25) is 4.79 Å². The number of anilines is 1. The minimum absolute atomic E-state index is 0.204. The van der Waals surface area contributed by atoms with Crippen molar-refractivity contribution in [2.45, 2.75) is 33.6 Å². The molecule has 0 aliphatic carbocycles. The standard InChI is InChI=1S/C23H29N3O3/c1-4-29-23(28)20-7-9-21(24-16-20)25-11-13-26(14-12-25)22(27)10-8-19-6-5-17(2)15-18(19)3/h5-7,9,15-16H,4,8,10-14H2,1-3H3. The average molecular weight is 396 g/mol. The lowest BCUT2D eigenvalue weighted by Gasteiger charge is -2.35. The molecule has 0 unspecified atom stereocenters. The number of nitrogens with zero attached hydrogens (tertiary/aromatic N) is 3. The van der Waals surface area contributed by atoms with Crippen molar-refractivity contribution < 1.29 is 14.3 Å². The summed E-state index contributed by atoms with van der Waals surface area (Å²) in [5.74, 6) is 0.668. The lowest BCUT2D eigenvalue weighted by molar-refractivity contribution is -0.131. The molecule has 29 heavy (non-hydrogen) atoms. The van der Waals surface area contributed by atoms with Crippen molar-refractivity contribution in [3.8, 4) is 0 Å². The Balaban J connectivity index is 1.49. The predicted octanol–water partition coefficient (Wildman–Crippen LogP) is 3.16. The summed E-state index contributed by atoms with van der Waals surface area (Å²) < 4.78 is 4.99. The van der Waals surface area contributed by atoms with Crippen LogP contribution in [0.2, 0.25) is 0 Å². The van der Waals surface area contributed by atoms with E-state index in [2.05, 4.69) is 41.9 Å². The normalized spacial score (nSPS) is 14.0. The molecule has 1 fully saturated rings. The van der Waals surface area contributed by atoms with Gasteiger partial charge < -0.3 is 14.5 Å². The number of carbonyl (C=O) groups is 2. The van der Waals surface area contributed by atoms with Gasteiger partial charge in [0.1, 0.15) is 5.82 Å². The van der Waals surface area contributed by atoms with Crippen LogP contribution in [0.4, 0.5) is 5.82 Å².